The molecular formula is C60H87Br2N11O12. The van der Waals surface area contributed by atoms with Gasteiger partial charge in [-0.15, -0.1) is 0 Å². The van der Waals surface area contributed by atoms with E-state index in [4.69, 9.17) is 19.6 Å². The number of hydrogen-bond donors (Lipinski definition) is 9. The predicted octanol–water partition coefficient (Wildman–Crippen LogP) is 8.18. The highest BCUT2D eigenvalue weighted by Crippen LogP contribution is 2.26. The van der Waals surface area contributed by atoms with Crippen LogP contribution in [0.3, 0.4) is 0 Å². The van der Waals surface area contributed by atoms with Crippen LogP contribution in [-0.2, 0) is 38.2 Å². The van der Waals surface area contributed by atoms with Gasteiger partial charge in [0.2, 0.25) is 17.7 Å². The van der Waals surface area contributed by atoms with Gasteiger partial charge in [-0.25, -0.2) is 25.2 Å². The number of hydrogen-bond acceptors (Lipinski definition) is 15. The number of pyridine rings is 2. The molecule has 0 aliphatic carbocycles. The first-order valence-corrected chi connectivity index (χ1v) is 30.0. The molecule has 85 heavy (non-hydrogen) atoms. The maximum Gasteiger partial charge on any atom is 0.408 e. The van der Waals surface area contributed by atoms with E-state index in [1.54, 1.807) is 96.9 Å². The number of ether oxygens (including phenoxy) is 2. The first-order chi connectivity index (χ1) is 39.3. The lowest BCUT2D eigenvalue weighted by Crippen LogP contribution is -2.67. The van der Waals surface area contributed by atoms with Crippen LogP contribution < -0.4 is 37.4 Å². The van der Waals surface area contributed by atoms with E-state index in [2.05, 4.69) is 74.3 Å². The second-order valence-electron chi connectivity index (χ2n) is 24.6. The van der Waals surface area contributed by atoms with E-state index in [-0.39, 0.29) is 47.5 Å². The van der Waals surface area contributed by atoms with Crippen LogP contribution in [-0.4, -0.2) is 137 Å². The van der Waals surface area contributed by atoms with Crippen LogP contribution >= 0.6 is 31.9 Å². The number of carbonyl (C=O) groups excluding carboxylic acids is 7. The highest BCUT2D eigenvalue weighted by atomic mass is 79.9. The molecule has 4 heterocycles. The molecule has 2 fully saturated rings. The van der Waals surface area contributed by atoms with E-state index in [0.717, 1.165) is 42.1 Å². The van der Waals surface area contributed by atoms with Crippen molar-refractivity contribution in [3.05, 3.63) is 81.0 Å². The van der Waals surface area contributed by atoms with Gasteiger partial charge in [0.1, 0.15) is 46.5 Å². The SMILES string of the molecule is CC(C)[C@H](NC(=O)OC(C)(C)C)C(=O)O.CC(C)[C@H](O)C(=O)N[C@@H](C)C(=O)N1CCCC(C)(C(=O)N[C@H](C)c2ccc3ccc(Br)cc3n2)N1.C[C@H](NC(=O)OC(C)(C)C)C(=O)N1CCCC(C)(C(=O)N[C@H](C)c2ccc3ccc(Br)cc3n2)N1. The summed E-state index contributed by atoms with van der Waals surface area (Å²) in [4.78, 5) is 108. The average molecular weight is 1310 g/mol. The largest absolute Gasteiger partial charge is 0.480 e. The fraction of sp³-hybridized carbons (Fsp3) is 0.567. The average Bonchev–Trinajstić information content (AvgIpc) is 2.93. The number of hydrazine groups is 2. The molecule has 0 radical (unpaired) electrons. The summed E-state index contributed by atoms with van der Waals surface area (Å²) < 4.78 is 12.1. The van der Waals surface area contributed by atoms with E-state index in [0.29, 0.717) is 38.8 Å². The molecular weight excluding hydrogens is 1230 g/mol. The van der Waals surface area contributed by atoms with Gasteiger partial charge in [-0.3, -0.25) is 44.0 Å². The molecule has 0 saturated carbocycles. The first-order valence-electron chi connectivity index (χ1n) is 28.4. The Hall–Kier alpha value is -6.54. The predicted molar refractivity (Wildman–Crippen MR) is 330 cm³/mol. The number of rotatable bonds is 15. The summed E-state index contributed by atoms with van der Waals surface area (Å²) in [6.07, 6.45) is -0.209. The summed E-state index contributed by atoms with van der Waals surface area (Å²) in [6.45, 7) is 28.6. The molecule has 2 aliphatic rings. The van der Waals surface area contributed by atoms with Crippen LogP contribution in [0.2, 0.25) is 0 Å². The molecule has 23 nitrogen and oxygen atoms in total. The zero-order valence-corrected chi connectivity index (χ0v) is 54.8. The minimum atomic E-state index is -1.19. The van der Waals surface area contributed by atoms with Crippen LogP contribution in [0, 0.1) is 11.8 Å². The van der Waals surface area contributed by atoms with Gasteiger partial charge in [-0.1, -0.05) is 83.8 Å². The quantitative estimate of drug-likeness (QED) is 0.0542. The lowest BCUT2D eigenvalue weighted by molar-refractivity contribution is -0.148. The molecule has 0 spiro atoms. The van der Waals surface area contributed by atoms with Crippen molar-refractivity contribution >= 4 is 101 Å². The molecule has 2 aromatic heterocycles. The summed E-state index contributed by atoms with van der Waals surface area (Å²) >= 11 is 6.93. The third-order valence-corrected chi connectivity index (χ3v) is 14.7. The van der Waals surface area contributed by atoms with Gasteiger partial charge in [-0.2, -0.15) is 0 Å². The van der Waals surface area contributed by atoms with Crippen molar-refractivity contribution in [3.63, 3.8) is 0 Å². The van der Waals surface area contributed by atoms with Crippen molar-refractivity contribution in [2.45, 2.75) is 195 Å². The Morgan fingerprint density at radius 2 is 0.953 bits per heavy atom. The van der Waals surface area contributed by atoms with Crippen molar-refractivity contribution in [2.24, 2.45) is 11.8 Å². The molecule has 9 N–H and O–H groups in total. The summed E-state index contributed by atoms with van der Waals surface area (Å²) in [5.41, 5.74) is 5.99. The summed E-state index contributed by atoms with van der Waals surface area (Å²) in [6, 6.07) is 16.2. The Labute approximate surface area is 515 Å². The van der Waals surface area contributed by atoms with Gasteiger partial charge in [0.15, 0.2) is 0 Å². The van der Waals surface area contributed by atoms with Crippen molar-refractivity contribution in [1.82, 2.24) is 57.4 Å². The number of aliphatic carboxylic acids is 1. The molecule has 25 heteroatoms. The Balaban J connectivity index is 0.000000296. The van der Waals surface area contributed by atoms with Gasteiger partial charge >= 0.3 is 18.2 Å². The number of nitrogens with zero attached hydrogens (tertiary/aromatic N) is 4. The highest BCUT2D eigenvalue weighted by molar-refractivity contribution is 9.10. The first kappa shape index (κ1) is 70.9. The molecule has 468 valence electrons. The van der Waals surface area contributed by atoms with Gasteiger partial charge < -0.3 is 46.3 Å². The molecule has 0 bridgehead atoms. The standard InChI is InChI=1S/2C25H34BrN5O4.C10H19NO4/c1-15(19-11-9-17-8-10-18(26)14-20(17)29-19)27-22(33)25(6)12-7-13-31(30-25)21(32)16(2)28-23(34)35-24(3,4)5;1-14(2)21(32)22(33)27-16(4)23(34)31-12-6-11-25(5,30-31)24(35)28-15(3)19-10-8-17-7-9-18(26)13-20(17)29-19;1-6(2)7(8(12)13)11-9(14)15-10(3,4)5/h8-11,14-16,30H,7,12-13H2,1-6H3,(H,27,33)(H,28,34);7-10,13-16,21,30,32H,6,11-12H2,1-5H3,(H,27,33)(H,28,35);6-7H,1-5H3,(H,11,14)(H,12,13)/t15-,16+,25?;15-,16+,21+,25?;7-/m110/s1. The monoisotopic (exact) mass is 1310 g/mol. The minimum Gasteiger partial charge on any atom is -0.480 e. The molecule has 2 unspecified atom stereocenters. The van der Waals surface area contributed by atoms with Gasteiger partial charge in [-0.05, 0) is 157 Å². The molecule has 2 aliphatic heterocycles. The number of aliphatic hydroxyl groups is 1. The molecule has 6 rings (SSSR count). The Morgan fingerprint density at radius 1 is 0.576 bits per heavy atom. The second-order valence-corrected chi connectivity index (χ2v) is 26.4. The molecule has 8 atom stereocenters. The van der Waals surface area contributed by atoms with Crippen molar-refractivity contribution in [1.29, 1.82) is 0 Å². The van der Waals surface area contributed by atoms with E-state index in [1.807, 2.05) is 74.5 Å². The van der Waals surface area contributed by atoms with Crippen LogP contribution in [0.15, 0.2) is 69.6 Å². The van der Waals surface area contributed by atoms with Crippen LogP contribution in [0.4, 0.5) is 9.59 Å². The number of carbonyl (C=O) groups is 8. The van der Waals surface area contributed by atoms with E-state index in [1.165, 1.54) is 10.0 Å². The molecule has 4 aromatic rings. The molecule has 2 aromatic carbocycles. The number of carboxylic acid groups (broad SMARTS) is 1. The minimum absolute atomic E-state index is 0.185. The van der Waals surface area contributed by atoms with Gasteiger partial charge in [0.05, 0.1) is 34.5 Å². The molecule has 2 saturated heterocycles. The lowest BCUT2D eigenvalue weighted by atomic mass is 9.92. The third-order valence-electron chi connectivity index (χ3n) is 13.7. The van der Waals surface area contributed by atoms with Crippen molar-refractivity contribution < 1.29 is 58.0 Å². The van der Waals surface area contributed by atoms with Crippen LogP contribution in [0.25, 0.3) is 21.8 Å². The smallest absolute Gasteiger partial charge is 0.408 e. The Morgan fingerprint density at radius 3 is 1.32 bits per heavy atom. The van der Waals surface area contributed by atoms with Crippen LogP contribution in [0.1, 0.15) is 160 Å². The van der Waals surface area contributed by atoms with Gasteiger partial charge in [0.25, 0.3) is 11.8 Å². The number of aromatic nitrogens is 2. The zero-order chi connectivity index (χ0) is 64.1. The third kappa shape index (κ3) is 21.4. The summed E-state index contributed by atoms with van der Waals surface area (Å²) in [5.74, 6) is -3.30. The fourth-order valence-corrected chi connectivity index (χ4v) is 9.54. The maximum absolute atomic E-state index is 13.3. The van der Waals surface area contributed by atoms with E-state index in [9.17, 15) is 43.5 Å². The number of amides is 7. The second kappa shape index (κ2) is 30.2. The molecule has 7 amide bonds. The Kier molecular flexibility index (Phi) is 25.2. The van der Waals surface area contributed by atoms with Crippen molar-refractivity contribution in [3.8, 4) is 0 Å². The van der Waals surface area contributed by atoms with Gasteiger partial charge in [0, 0.05) is 32.8 Å². The number of halogens is 2. The lowest BCUT2D eigenvalue weighted by Gasteiger charge is -2.41. The van der Waals surface area contributed by atoms with E-state index < -0.39 is 70.6 Å². The normalized spacial score (nSPS) is 19.3. The number of carboxylic acids is 1. The Bertz CT molecular complexity index is 3050. The topological polar surface area (TPSA) is 312 Å². The number of aliphatic hydroxyl groups excluding tert-OH is 1. The number of benzene rings is 2. The maximum atomic E-state index is 13.3. The summed E-state index contributed by atoms with van der Waals surface area (Å²) in [7, 11) is 0. The van der Waals surface area contributed by atoms with Crippen molar-refractivity contribution in [2.75, 3.05) is 13.1 Å². The zero-order valence-electron chi connectivity index (χ0n) is 51.7. The summed E-state index contributed by atoms with van der Waals surface area (Å²) in [5, 5.41) is 37.0. The van der Waals surface area contributed by atoms with E-state index >= 15 is 0 Å². The number of fused-ring (bicyclic) bond motifs is 2. The highest BCUT2D eigenvalue weighted by Gasteiger charge is 2.42. The van der Waals surface area contributed by atoms with Crippen LogP contribution in [0.5, 0.6) is 0 Å². The fourth-order valence-electron chi connectivity index (χ4n) is 8.84. The number of nitrogens with one attached hydrogen (secondary N) is 7. The number of alkyl carbamates (subject to hydrolysis) is 2.